The van der Waals surface area contributed by atoms with Crippen LogP contribution >= 0.6 is 11.6 Å². The molecule has 8 rings (SSSR count). The fraction of sp³-hybridized carbons (Fsp3) is 0.417. The molecule has 58 heavy (non-hydrogen) atoms. The Bertz CT molecular complexity index is 2050. The first-order chi connectivity index (χ1) is 28.4. The maximum absolute atomic E-state index is 12.5. The van der Waals surface area contributed by atoms with Crippen LogP contribution in [0, 0.1) is 5.92 Å². The number of phenolic OH excluding ortho intramolecular Hbond substituents is 1. The third-order valence-corrected chi connectivity index (χ3v) is 12.7. The van der Waals surface area contributed by atoms with E-state index in [1.165, 1.54) is 48.1 Å². The molecule has 10 heteroatoms. The van der Waals surface area contributed by atoms with E-state index in [9.17, 15) is 14.7 Å². The molecular formula is C48H56ClN5O4. The molecule has 2 atom stereocenters. The van der Waals surface area contributed by atoms with Gasteiger partial charge in [0, 0.05) is 56.8 Å². The molecule has 4 heterocycles. The number of benzene rings is 4. The summed E-state index contributed by atoms with van der Waals surface area (Å²) in [5.41, 5.74) is 9.41. The maximum Gasteiger partial charge on any atom is 0.243 e. The average molecular weight is 802 g/mol. The summed E-state index contributed by atoms with van der Waals surface area (Å²) in [7, 11) is 0. The van der Waals surface area contributed by atoms with Crippen LogP contribution in [0.1, 0.15) is 72.8 Å². The number of nitrogens with one attached hydrogen (secondary N) is 2. The second-order valence-electron chi connectivity index (χ2n) is 16.4. The number of aromatic hydroxyl groups is 1. The Morgan fingerprint density at radius 1 is 0.828 bits per heavy atom. The SMILES string of the molecule is O=C1CCC(N2Cc3ccc(N4CCC[C@@H](NCC5CCN(CCOc6ccc(C(=C(CCCl)c7ccccc7)c7ccc(O)cc7)cc6)CC5)C4)cc3C2)C(=O)N1. The van der Waals surface area contributed by atoms with Crippen LogP contribution in [-0.2, 0) is 22.7 Å². The van der Waals surface area contributed by atoms with E-state index in [0.717, 1.165) is 86.8 Å². The molecule has 304 valence electrons. The van der Waals surface area contributed by atoms with Crippen molar-refractivity contribution in [3.05, 3.63) is 125 Å². The molecule has 3 saturated heterocycles. The first kappa shape index (κ1) is 40.1. The van der Waals surface area contributed by atoms with Gasteiger partial charge in [0.05, 0.1) is 6.04 Å². The molecular weight excluding hydrogens is 746 g/mol. The van der Waals surface area contributed by atoms with Crippen molar-refractivity contribution < 1.29 is 19.4 Å². The zero-order valence-corrected chi connectivity index (χ0v) is 34.1. The van der Waals surface area contributed by atoms with Crippen molar-refractivity contribution in [2.75, 3.05) is 56.7 Å². The number of halogens is 1. The van der Waals surface area contributed by atoms with Gasteiger partial charge in [0.25, 0.3) is 0 Å². The van der Waals surface area contributed by atoms with Gasteiger partial charge in [0.15, 0.2) is 0 Å². The van der Waals surface area contributed by atoms with Crippen molar-refractivity contribution in [3.8, 4) is 11.5 Å². The topological polar surface area (TPSA) is 97.4 Å². The Morgan fingerprint density at radius 2 is 1.57 bits per heavy atom. The Labute approximate surface area is 348 Å². The van der Waals surface area contributed by atoms with E-state index in [2.05, 4.69) is 92.1 Å². The Kier molecular flexibility index (Phi) is 13.1. The van der Waals surface area contributed by atoms with Gasteiger partial charge in [0.1, 0.15) is 18.1 Å². The number of carbonyl (C=O) groups excluding carboxylic acids is 2. The third kappa shape index (κ3) is 9.78. The lowest BCUT2D eigenvalue weighted by Gasteiger charge is -2.37. The fourth-order valence-electron chi connectivity index (χ4n) is 9.28. The van der Waals surface area contributed by atoms with Gasteiger partial charge in [-0.25, -0.2) is 0 Å². The molecule has 4 aromatic rings. The van der Waals surface area contributed by atoms with Gasteiger partial charge in [-0.05, 0) is 139 Å². The lowest BCUT2D eigenvalue weighted by atomic mass is 9.88. The Balaban J connectivity index is 0.784. The largest absolute Gasteiger partial charge is 0.508 e. The van der Waals surface area contributed by atoms with Gasteiger partial charge >= 0.3 is 0 Å². The number of rotatable bonds is 14. The molecule has 4 aliphatic rings. The highest BCUT2D eigenvalue weighted by Crippen LogP contribution is 2.36. The number of nitrogens with zero attached hydrogens (tertiary/aromatic N) is 3. The number of ether oxygens (including phenoxy) is 1. The molecule has 3 fully saturated rings. The fourth-order valence-corrected chi connectivity index (χ4v) is 9.47. The minimum Gasteiger partial charge on any atom is -0.508 e. The molecule has 0 aromatic heterocycles. The molecule has 3 N–H and O–H groups in total. The van der Waals surface area contributed by atoms with E-state index in [0.29, 0.717) is 37.3 Å². The molecule has 0 bridgehead atoms. The summed E-state index contributed by atoms with van der Waals surface area (Å²) in [6.07, 6.45) is 6.52. The van der Waals surface area contributed by atoms with Crippen molar-refractivity contribution in [2.24, 2.45) is 5.92 Å². The van der Waals surface area contributed by atoms with Crippen LogP contribution < -0.4 is 20.3 Å². The van der Waals surface area contributed by atoms with Crippen molar-refractivity contribution in [1.29, 1.82) is 0 Å². The minimum atomic E-state index is -0.223. The lowest BCUT2D eigenvalue weighted by Crippen LogP contribution is -2.50. The highest BCUT2D eigenvalue weighted by molar-refractivity contribution is 6.18. The van der Waals surface area contributed by atoms with Crippen LogP contribution in [-0.4, -0.2) is 90.6 Å². The predicted molar refractivity (Wildman–Crippen MR) is 232 cm³/mol. The van der Waals surface area contributed by atoms with Crippen LogP contribution in [0.2, 0.25) is 0 Å². The second kappa shape index (κ2) is 18.9. The normalized spacial score (nSPS) is 21.1. The van der Waals surface area contributed by atoms with Crippen molar-refractivity contribution >= 4 is 40.2 Å². The molecule has 1 unspecified atom stereocenters. The predicted octanol–water partition coefficient (Wildman–Crippen LogP) is 7.45. The molecule has 0 saturated carbocycles. The first-order valence-electron chi connectivity index (χ1n) is 21.2. The number of alkyl halides is 1. The van der Waals surface area contributed by atoms with Crippen molar-refractivity contribution in [2.45, 2.75) is 70.1 Å². The summed E-state index contributed by atoms with van der Waals surface area (Å²) < 4.78 is 6.26. The Hall–Kier alpha value is -4.67. The number of hydrogen-bond acceptors (Lipinski definition) is 8. The minimum absolute atomic E-state index is 0.153. The van der Waals surface area contributed by atoms with Gasteiger partial charge in [-0.2, -0.15) is 0 Å². The van der Waals surface area contributed by atoms with Gasteiger partial charge < -0.3 is 20.1 Å². The van der Waals surface area contributed by atoms with Gasteiger partial charge in [-0.1, -0.05) is 60.7 Å². The van der Waals surface area contributed by atoms with E-state index in [1.807, 2.05) is 18.2 Å². The summed E-state index contributed by atoms with van der Waals surface area (Å²) in [5.74, 6) is 1.99. The summed E-state index contributed by atoms with van der Waals surface area (Å²) in [6, 6.07) is 33.3. The van der Waals surface area contributed by atoms with Gasteiger partial charge in [-0.3, -0.25) is 24.7 Å². The molecule has 0 spiro atoms. The standard InChI is InChI=1S/C48H56ClN5O4/c49-23-20-44(35-5-2-1-3-6-35)47(36-9-14-42(55)15-10-36)37-11-16-43(17-12-37)58-28-27-52-25-21-34(22-26-52)30-50-40-7-4-24-53(33-40)41-13-8-38-31-54(32-39(38)29-41)45-18-19-46(56)51-48(45)57/h1-3,5-6,8-17,29,34,40,45,50,55H,4,7,18-28,30-33H2,(H,51,56,57)/t40-,45?/m1/s1. The van der Waals surface area contributed by atoms with E-state index in [-0.39, 0.29) is 23.6 Å². The number of fused-ring (bicyclic) bond motifs is 1. The number of likely N-dealkylation sites (tertiary alicyclic amines) is 1. The van der Waals surface area contributed by atoms with E-state index in [4.69, 9.17) is 16.3 Å². The number of piperidine rings is 3. The summed E-state index contributed by atoms with van der Waals surface area (Å²) in [5, 5.41) is 16.5. The van der Waals surface area contributed by atoms with Crippen LogP contribution in [0.5, 0.6) is 11.5 Å². The highest BCUT2D eigenvalue weighted by Gasteiger charge is 2.35. The van der Waals surface area contributed by atoms with Gasteiger partial charge in [0.2, 0.25) is 11.8 Å². The highest BCUT2D eigenvalue weighted by atomic mass is 35.5. The van der Waals surface area contributed by atoms with Crippen molar-refractivity contribution in [3.63, 3.8) is 0 Å². The number of amides is 2. The number of carbonyl (C=O) groups is 2. The summed E-state index contributed by atoms with van der Waals surface area (Å²) in [6.45, 7) is 8.44. The molecule has 4 aliphatic heterocycles. The third-order valence-electron chi connectivity index (χ3n) is 12.5. The number of allylic oxidation sites excluding steroid dienone is 1. The van der Waals surface area contributed by atoms with Crippen LogP contribution in [0.25, 0.3) is 11.1 Å². The number of anilines is 1. The first-order valence-corrected chi connectivity index (χ1v) is 21.7. The average Bonchev–Trinajstić information content (AvgIpc) is 3.68. The maximum atomic E-state index is 12.5. The number of phenols is 1. The smallest absolute Gasteiger partial charge is 0.243 e. The zero-order valence-electron chi connectivity index (χ0n) is 33.4. The lowest BCUT2D eigenvalue weighted by molar-refractivity contribution is -0.137. The number of imide groups is 1. The molecule has 0 radical (unpaired) electrons. The van der Waals surface area contributed by atoms with Crippen molar-refractivity contribution in [1.82, 2.24) is 20.4 Å². The summed E-state index contributed by atoms with van der Waals surface area (Å²) >= 11 is 6.34. The molecule has 2 amide bonds. The van der Waals surface area contributed by atoms with E-state index < -0.39 is 0 Å². The van der Waals surface area contributed by atoms with Crippen LogP contribution in [0.15, 0.2) is 97.1 Å². The van der Waals surface area contributed by atoms with Crippen LogP contribution in [0.3, 0.4) is 0 Å². The molecule has 0 aliphatic carbocycles. The monoisotopic (exact) mass is 801 g/mol. The second-order valence-corrected chi connectivity index (χ2v) is 16.8. The quantitative estimate of drug-likeness (QED) is 0.0688. The van der Waals surface area contributed by atoms with Crippen LogP contribution in [0.4, 0.5) is 5.69 Å². The zero-order chi connectivity index (χ0) is 39.8. The van der Waals surface area contributed by atoms with Gasteiger partial charge in [-0.15, -0.1) is 11.6 Å². The van der Waals surface area contributed by atoms with E-state index >= 15 is 0 Å². The number of hydrogen-bond donors (Lipinski definition) is 3. The van der Waals surface area contributed by atoms with E-state index in [1.54, 1.807) is 12.1 Å². The Morgan fingerprint density at radius 3 is 2.31 bits per heavy atom. The summed E-state index contributed by atoms with van der Waals surface area (Å²) in [4.78, 5) is 31.4. The molecule has 4 aromatic carbocycles. The molecule has 9 nitrogen and oxygen atoms in total.